The van der Waals surface area contributed by atoms with Gasteiger partial charge in [-0.3, -0.25) is 15.1 Å². The lowest BCUT2D eigenvalue weighted by atomic mass is 10.1. The first-order valence-electron chi connectivity index (χ1n) is 10.8. The van der Waals surface area contributed by atoms with Crippen LogP contribution in [-0.4, -0.2) is 27.0 Å². The first-order chi connectivity index (χ1) is 15.7. The minimum Gasteiger partial charge on any atom is -0.363 e. The van der Waals surface area contributed by atoms with Crippen molar-refractivity contribution in [3.63, 3.8) is 0 Å². The highest BCUT2D eigenvalue weighted by molar-refractivity contribution is 7.14. The highest BCUT2D eigenvalue weighted by Crippen LogP contribution is 2.37. The van der Waals surface area contributed by atoms with E-state index in [1.807, 2.05) is 42.0 Å². The molecule has 4 heterocycles. The van der Waals surface area contributed by atoms with Gasteiger partial charge in [0, 0.05) is 42.7 Å². The molecule has 1 atom stereocenters. The topological polar surface area (TPSA) is 63.1 Å². The Morgan fingerprint density at radius 2 is 2.00 bits per heavy atom. The minimum atomic E-state index is -0.139. The summed E-state index contributed by atoms with van der Waals surface area (Å²) >= 11 is 1.49. The van der Waals surface area contributed by atoms with Crippen molar-refractivity contribution in [1.82, 2.24) is 14.5 Å². The van der Waals surface area contributed by atoms with E-state index in [1.54, 1.807) is 12.4 Å². The number of benzene rings is 1. The number of rotatable bonds is 6. The van der Waals surface area contributed by atoms with Crippen molar-refractivity contribution in [2.24, 2.45) is 0 Å². The van der Waals surface area contributed by atoms with E-state index in [2.05, 4.69) is 44.8 Å². The summed E-state index contributed by atoms with van der Waals surface area (Å²) in [6.07, 6.45) is 7.74. The Morgan fingerprint density at radius 1 is 1.19 bits per heavy atom. The molecule has 1 fully saturated rings. The van der Waals surface area contributed by atoms with Crippen LogP contribution < -0.4 is 10.2 Å². The number of aryl methyl sites for hydroxylation is 1. The molecular weight excluding hydrogens is 418 g/mol. The highest BCUT2D eigenvalue weighted by atomic mass is 32.1. The van der Waals surface area contributed by atoms with E-state index in [0.717, 1.165) is 36.2 Å². The van der Waals surface area contributed by atoms with Crippen molar-refractivity contribution in [2.75, 3.05) is 16.8 Å². The van der Waals surface area contributed by atoms with E-state index in [0.29, 0.717) is 17.4 Å². The van der Waals surface area contributed by atoms with Gasteiger partial charge in [0.25, 0.3) is 5.91 Å². The van der Waals surface area contributed by atoms with E-state index >= 15 is 0 Å². The SMILES string of the molecule is Cc1cc(C(=O)Nc2nc([C@H]3CCCN3c3ccccc3)cs2)n(Cc2ccncc2)c1. The van der Waals surface area contributed by atoms with Crippen LogP contribution in [0.4, 0.5) is 10.8 Å². The fourth-order valence-corrected chi connectivity index (χ4v) is 5.08. The third-order valence-corrected chi connectivity index (χ3v) is 6.57. The molecule has 0 saturated carbocycles. The van der Waals surface area contributed by atoms with Crippen molar-refractivity contribution in [1.29, 1.82) is 0 Å². The molecule has 1 amide bonds. The summed E-state index contributed by atoms with van der Waals surface area (Å²) in [4.78, 5) is 24.3. The maximum absolute atomic E-state index is 13.1. The Kier molecular flexibility index (Phi) is 5.73. The van der Waals surface area contributed by atoms with Crippen molar-refractivity contribution >= 4 is 28.1 Å². The molecule has 5 rings (SSSR count). The zero-order valence-electron chi connectivity index (χ0n) is 17.9. The molecule has 1 aliphatic rings. The van der Waals surface area contributed by atoms with E-state index in [9.17, 15) is 4.79 Å². The number of pyridine rings is 1. The number of carbonyl (C=O) groups excluding carboxylic acids is 1. The summed E-state index contributed by atoms with van der Waals surface area (Å²) in [5.74, 6) is -0.139. The average Bonchev–Trinajstić information content (AvgIpc) is 3.55. The summed E-state index contributed by atoms with van der Waals surface area (Å²) in [5.41, 5.74) is 5.02. The lowest BCUT2D eigenvalue weighted by Crippen LogP contribution is -2.22. The number of carbonyl (C=O) groups is 1. The number of para-hydroxylation sites is 1. The maximum atomic E-state index is 13.1. The lowest BCUT2D eigenvalue weighted by Gasteiger charge is -2.25. The summed E-state index contributed by atoms with van der Waals surface area (Å²) in [6, 6.07) is 16.6. The Morgan fingerprint density at radius 3 is 2.81 bits per heavy atom. The van der Waals surface area contributed by atoms with Gasteiger partial charge in [0.15, 0.2) is 5.13 Å². The molecule has 0 aliphatic carbocycles. The van der Waals surface area contributed by atoms with Crippen LogP contribution in [0.3, 0.4) is 0 Å². The third-order valence-electron chi connectivity index (χ3n) is 5.79. The number of hydrogen-bond donors (Lipinski definition) is 1. The van der Waals surface area contributed by atoms with Gasteiger partial charge in [-0.05, 0) is 61.2 Å². The molecule has 1 aliphatic heterocycles. The van der Waals surface area contributed by atoms with E-state index in [-0.39, 0.29) is 11.9 Å². The van der Waals surface area contributed by atoms with Crippen molar-refractivity contribution in [2.45, 2.75) is 32.4 Å². The van der Waals surface area contributed by atoms with Crippen LogP contribution in [0.5, 0.6) is 0 Å². The summed E-state index contributed by atoms with van der Waals surface area (Å²) in [7, 11) is 0. The van der Waals surface area contributed by atoms with Gasteiger partial charge in [0.2, 0.25) is 0 Å². The molecule has 1 saturated heterocycles. The smallest absolute Gasteiger partial charge is 0.274 e. The van der Waals surface area contributed by atoms with Crippen LogP contribution in [0.2, 0.25) is 0 Å². The van der Waals surface area contributed by atoms with E-state index in [4.69, 9.17) is 4.98 Å². The van der Waals surface area contributed by atoms with Gasteiger partial charge in [-0.15, -0.1) is 11.3 Å². The van der Waals surface area contributed by atoms with Crippen LogP contribution in [0.25, 0.3) is 0 Å². The molecule has 0 bridgehead atoms. The molecule has 162 valence electrons. The van der Waals surface area contributed by atoms with Crippen molar-refractivity contribution in [3.8, 4) is 0 Å². The molecule has 7 heteroatoms. The van der Waals surface area contributed by atoms with Gasteiger partial charge < -0.3 is 9.47 Å². The molecule has 1 aromatic carbocycles. The molecular formula is C25H25N5OS. The molecule has 6 nitrogen and oxygen atoms in total. The van der Waals surface area contributed by atoms with Gasteiger partial charge >= 0.3 is 0 Å². The summed E-state index contributed by atoms with van der Waals surface area (Å²) < 4.78 is 1.97. The second kappa shape index (κ2) is 8.96. The van der Waals surface area contributed by atoms with Crippen molar-refractivity contribution < 1.29 is 4.79 Å². The average molecular weight is 444 g/mol. The van der Waals surface area contributed by atoms with Gasteiger partial charge in [-0.1, -0.05) is 18.2 Å². The number of hydrogen-bond acceptors (Lipinski definition) is 5. The number of nitrogens with one attached hydrogen (secondary N) is 1. The highest BCUT2D eigenvalue weighted by Gasteiger charge is 2.28. The van der Waals surface area contributed by atoms with Crippen LogP contribution in [0.1, 0.15) is 46.2 Å². The quantitative estimate of drug-likeness (QED) is 0.440. The molecule has 0 unspecified atom stereocenters. The third kappa shape index (κ3) is 4.29. The largest absolute Gasteiger partial charge is 0.363 e. The zero-order valence-corrected chi connectivity index (χ0v) is 18.8. The second-order valence-corrected chi connectivity index (χ2v) is 8.96. The van der Waals surface area contributed by atoms with Crippen LogP contribution in [0.15, 0.2) is 72.5 Å². The lowest BCUT2D eigenvalue weighted by molar-refractivity contribution is 0.101. The van der Waals surface area contributed by atoms with Crippen LogP contribution >= 0.6 is 11.3 Å². The molecule has 0 radical (unpaired) electrons. The molecule has 32 heavy (non-hydrogen) atoms. The minimum absolute atomic E-state index is 0.139. The molecule has 0 spiro atoms. The zero-order chi connectivity index (χ0) is 21.9. The Labute approximate surface area is 191 Å². The Bertz CT molecular complexity index is 1200. The number of thiazole rings is 1. The van der Waals surface area contributed by atoms with Crippen molar-refractivity contribution in [3.05, 3.63) is 95.0 Å². The number of aromatic nitrogens is 3. The maximum Gasteiger partial charge on any atom is 0.274 e. The molecule has 1 N–H and O–H groups in total. The number of amides is 1. The monoisotopic (exact) mass is 443 g/mol. The van der Waals surface area contributed by atoms with Gasteiger partial charge in [0.1, 0.15) is 5.69 Å². The Hall–Kier alpha value is -3.45. The summed E-state index contributed by atoms with van der Waals surface area (Å²) in [6.45, 7) is 3.64. The molecule has 4 aromatic rings. The Balaban J connectivity index is 1.32. The van der Waals surface area contributed by atoms with E-state index < -0.39 is 0 Å². The first kappa shape index (κ1) is 20.5. The second-order valence-electron chi connectivity index (χ2n) is 8.10. The van der Waals surface area contributed by atoms with Gasteiger partial charge in [-0.2, -0.15) is 0 Å². The van der Waals surface area contributed by atoms with Gasteiger partial charge in [0.05, 0.1) is 11.7 Å². The van der Waals surface area contributed by atoms with E-state index in [1.165, 1.54) is 17.0 Å². The predicted octanol–water partition coefficient (Wildman–Crippen LogP) is 5.29. The van der Waals surface area contributed by atoms with Gasteiger partial charge in [-0.25, -0.2) is 4.98 Å². The fourth-order valence-electron chi connectivity index (χ4n) is 4.32. The fraction of sp³-hybridized carbons (Fsp3) is 0.240. The predicted molar refractivity (Wildman–Crippen MR) is 128 cm³/mol. The number of nitrogens with zero attached hydrogens (tertiary/aromatic N) is 4. The van der Waals surface area contributed by atoms with Crippen LogP contribution in [0, 0.1) is 6.92 Å². The summed E-state index contributed by atoms with van der Waals surface area (Å²) in [5, 5.41) is 5.72. The number of anilines is 2. The first-order valence-corrected chi connectivity index (χ1v) is 11.7. The van der Waals surface area contributed by atoms with Crippen LogP contribution in [-0.2, 0) is 6.54 Å². The standard InChI is InChI=1S/C25H25N5OS/c1-18-14-23(29(15-18)16-19-9-11-26-12-10-19)24(31)28-25-27-21(17-32-25)22-8-5-13-30(22)20-6-3-2-4-7-20/h2-4,6-7,9-12,14-15,17,22H,5,8,13,16H2,1H3,(H,27,28,31)/t22-/m1/s1. The molecule has 3 aromatic heterocycles. The normalized spacial score (nSPS) is 15.8.